The van der Waals surface area contributed by atoms with Crippen LogP contribution in [0.2, 0.25) is 0 Å². The zero-order valence-electron chi connectivity index (χ0n) is 11.1. The van der Waals surface area contributed by atoms with Crippen molar-refractivity contribution in [2.75, 3.05) is 18.0 Å². The van der Waals surface area contributed by atoms with Crippen molar-refractivity contribution >= 4 is 11.8 Å². The molecule has 0 aromatic carbocycles. The second-order valence-corrected chi connectivity index (χ2v) is 5.00. The number of nitrogens with one attached hydrogen (secondary N) is 1. The SMILES string of the molecule is CCCN(CC1CC1)c1nc(C)cc(C(=N)N)n1. The standard InChI is InChI=1S/C13H21N5/c1-3-6-18(8-10-4-5-10)13-16-9(2)7-11(17-13)12(14)15/h7,10H,3-6,8H2,1-2H3,(H3,14,15). The van der Waals surface area contributed by atoms with E-state index in [1.54, 1.807) is 6.07 Å². The number of anilines is 1. The predicted octanol–water partition coefficient (Wildman–Crippen LogP) is 1.70. The molecule has 3 N–H and O–H groups in total. The fraction of sp³-hybridized carbons (Fsp3) is 0.615. The van der Waals surface area contributed by atoms with Gasteiger partial charge in [-0.15, -0.1) is 0 Å². The van der Waals surface area contributed by atoms with Gasteiger partial charge in [-0.1, -0.05) is 6.92 Å². The highest BCUT2D eigenvalue weighted by Gasteiger charge is 2.25. The molecule has 18 heavy (non-hydrogen) atoms. The fourth-order valence-electron chi connectivity index (χ4n) is 1.99. The zero-order valence-corrected chi connectivity index (χ0v) is 11.1. The van der Waals surface area contributed by atoms with Crippen LogP contribution in [0.3, 0.4) is 0 Å². The molecule has 0 radical (unpaired) electrons. The largest absolute Gasteiger partial charge is 0.382 e. The third kappa shape index (κ3) is 3.18. The molecule has 0 atom stereocenters. The molecule has 0 bridgehead atoms. The number of nitrogen functional groups attached to an aromatic ring is 1. The van der Waals surface area contributed by atoms with Crippen molar-refractivity contribution in [3.8, 4) is 0 Å². The Labute approximate surface area is 108 Å². The zero-order chi connectivity index (χ0) is 13.1. The lowest BCUT2D eigenvalue weighted by atomic mass is 10.3. The molecule has 1 aromatic rings. The number of nitrogens with two attached hydrogens (primary N) is 1. The minimum Gasteiger partial charge on any atom is -0.382 e. The molecule has 0 aliphatic heterocycles. The molecule has 5 heteroatoms. The molecule has 0 unspecified atom stereocenters. The van der Waals surface area contributed by atoms with E-state index in [9.17, 15) is 0 Å². The normalized spacial score (nSPS) is 14.6. The summed E-state index contributed by atoms with van der Waals surface area (Å²) in [6, 6.07) is 1.76. The molecule has 1 aliphatic carbocycles. The minimum atomic E-state index is 0.00428. The molecular weight excluding hydrogens is 226 g/mol. The average Bonchev–Trinajstić information content (AvgIpc) is 3.11. The van der Waals surface area contributed by atoms with E-state index in [1.165, 1.54) is 12.8 Å². The van der Waals surface area contributed by atoms with Gasteiger partial charge in [-0.05, 0) is 38.2 Å². The Bertz CT molecular complexity index is 439. The summed E-state index contributed by atoms with van der Waals surface area (Å²) in [7, 11) is 0. The molecular formula is C13H21N5. The van der Waals surface area contributed by atoms with Crippen molar-refractivity contribution in [3.63, 3.8) is 0 Å². The fourth-order valence-corrected chi connectivity index (χ4v) is 1.99. The van der Waals surface area contributed by atoms with Crippen LogP contribution in [0, 0.1) is 18.3 Å². The number of aryl methyl sites for hydroxylation is 1. The van der Waals surface area contributed by atoms with Crippen molar-refractivity contribution in [1.29, 1.82) is 5.41 Å². The highest BCUT2D eigenvalue weighted by Crippen LogP contribution is 2.30. The first-order valence-electron chi connectivity index (χ1n) is 6.55. The number of hydrogen-bond acceptors (Lipinski definition) is 4. The molecule has 1 saturated carbocycles. The van der Waals surface area contributed by atoms with E-state index in [4.69, 9.17) is 11.1 Å². The summed E-state index contributed by atoms with van der Waals surface area (Å²) in [6.07, 6.45) is 3.69. The first-order chi connectivity index (χ1) is 8.60. The lowest BCUT2D eigenvalue weighted by molar-refractivity contribution is 0.686. The monoisotopic (exact) mass is 247 g/mol. The molecule has 1 aliphatic rings. The molecule has 1 heterocycles. The maximum atomic E-state index is 7.49. The maximum Gasteiger partial charge on any atom is 0.226 e. The van der Waals surface area contributed by atoms with Crippen LogP contribution < -0.4 is 10.6 Å². The van der Waals surface area contributed by atoms with E-state index in [2.05, 4.69) is 21.8 Å². The summed E-state index contributed by atoms with van der Waals surface area (Å²) < 4.78 is 0. The third-order valence-corrected chi connectivity index (χ3v) is 3.07. The second-order valence-electron chi connectivity index (χ2n) is 5.00. The van der Waals surface area contributed by atoms with Gasteiger partial charge >= 0.3 is 0 Å². The molecule has 1 fully saturated rings. The van der Waals surface area contributed by atoms with Gasteiger partial charge in [-0.3, -0.25) is 5.41 Å². The van der Waals surface area contributed by atoms with Crippen molar-refractivity contribution in [1.82, 2.24) is 9.97 Å². The van der Waals surface area contributed by atoms with Gasteiger partial charge < -0.3 is 10.6 Å². The number of amidine groups is 1. The van der Waals surface area contributed by atoms with E-state index in [0.29, 0.717) is 11.6 Å². The Hall–Kier alpha value is -1.65. The van der Waals surface area contributed by atoms with E-state index >= 15 is 0 Å². The van der Waals surface area contributed by atoms with Crippen LogP contribution in [0.25, 0.3) is 0 Å². The van der Waals surface area contributed by atoms with Crippen LogP contribution in [-0.4, -0.2) is 28.9 Å². The lowest BCUT2D eigenvalue weighted by Crippen LogP contribution is -2.29. The van der Waals surface area contributed by atoms with Gasteiger partial charge in [-0.25, -0.2) is 9.97 Å². The Balaban J connectivity index is 2.24. The van der Waals surface area contributed by atoms with E-state index < -0.39 is 0 Å². The molecule has 98 valence electrons. The van der Waals surface area contributed by atoms with Gasteiger partial charge in [0, 0.05) is 18.8 Å². The minimum absolute atomic E-state index is 0.00428. The van der Waals surface area contributed by atoms with Crippen LogP contribution in [0.1, 0.15) is 37.6 Å². The van der Waals surface area contributed by atoms with Crippen LogP contribution in [0.5, 0.6) is 0 Å². The van der Waals surface area contributed by atoms with Crippen molar-refractivity contribution in [2.24, 2.45) is 11.7 Å². The van der Waals surface area contributed by atoms with E-state index in [0.717, 1.165) is 31.1 Å². The number of nitrogens with zero attached hydrogens (tertiary/aromatic N) is 3. The first kappa shape index (κ1) is 12.8. The number of hydrogen-bond donors (Lipinski definition) is 2. The summed E-state index contributed by atoms with van der Waals surface area (Å²) in [5.41, 5.74) is 6.90. The van der Waals surface area contributed by atoms with Crippen LogP contribution >= 0.6 is 0 Å². The highest BCUT2D eigenvalue weighted by molar-refractivity contribution is 5.93. The quantitative estimate of drug-likeness (QED) is 0.592. The Morgan fingerprint density at radius 3 is 2.78 bits per heavy atom. The molecule has 2 rings (SSSR count). The number of rotatable bonds is 6. The molecule has 5 nitrogen and oxygen atoms in total. The topological polar surface area (TPSA) is 78.9 Å². The molecule has 1 aromatic heterocycles. The van der Waals surface area contributed by atoms with E-state index in [1.807, 2.05) is 6.92 Å². The Morgan fingerprint density at radius 1 is 1.50 bits per heavy atom. The summed E-state index contributed by atoms with van der Waals surface area (Å²) >= 11 is 0. The third-order valence-electron chi connectivity index (χ3n) is 3.07. The molecule has 0 saturated heterocycles. The Morgan fingerprint density at radius 2 is 2.22 bits per heavy atom. The summed E-state index contributed by atoms with van der Waals surface area (Å²) in [5.74, 6) is 1.51. The number of aromatic nitrogens is 2. The van der Waals surface area contributed by atoms with Crippen molar-refractivity contribution < 1.29 is 0 Å². The maximum absolute atomic E-state index is 7.49. The van der Waals surface area contributed by atoms with Crippen molar-refractivity contribution in [3.05, 3.63) is 17.5 Å². The summed E-state index contributed by atoms with van der Waals surface area (Å²) in [4.78, 5) is 11.1. The predicted molar refractivity (Wildman–Crippen MR) is 73.0 cm³/mol. The molecule has 0 spiro atoms. The molecule has 0 amide bonds. The van der Waals surface area contributed by atoms with Gasteiger partial charge in [0.05, 0.1) is 0 Å². The van der Waals surface area contributed by atoms with Gasteiger partial charge in [0.25, 0.3) is 0 Å². The average molecular weight is 247 g/mol. The lowest BCUT2D eigenvalue weighted by Gasteiger charge is -2.22. The van der Waals surface area contributed by atoms with E-state index in [-0.39, 0.29) is 5.84 Å². The van der Waals surface area contributed by atoms with Gasteiger partial charge in [0.2, 0.25) is 5.95 Å². The smallest absolute Gasteiger partial charge is 0.226 e. The highest BCUT2D eigenvalue weighted by atomic mass is 15.3. The van der Waals surface area contributed by atoms with Gasteiger partial charge in [0.15, 0.2) is 0 Å². The van der Waals surface area contributed by atoms with Gasteiger partial charge in [-0.2, -0.15) is 0 Å². The van der Waals surface area contributed by atoms with Crippen molar-refractivity contribution in [2.45, 2.75) is 33.1 Å². The second kappa shape index (κ2) is 5.33. The summed E-state index contributed by atoms with van der Waals surface area (Å²) in [6.45, 7) is 6.05. The van der Waals surface area contributed by atoms with Crippen LogP contribution in [0.4, 0.5) is 5.95 Å². The van der Waals surface area contributed by atoms with Crippen LogP contribution in [0.15, 0.2) is 6.07 Å². The Kier molecular flexibility index (Phi) is 3.79. The van der Waals surface area contributed by atoms with Gasteiger partial charge in [0.1, 0.15) is 11.5 Å². The summed E-state index contributed by atoms with van der Waals surface area (Å²) in [5, 5.41) is 7.49. The first-order valence-corrected chi connectivity index (χ1v) is 6.55. The van der Waals surface area contributed by atoms with Crippen LogP contribution in [-0.2, 0) is 0 Å².